The highest BCUT2D eigenvalue weighted by molar-refractivity contribution is 7.89. The highest BCUT2D eigenvalue weighted by atomic mass is 32.2. The van der Waals surface area contributed by atoms with Crippen molar-refractivity contribution < 1.29 is 13.2 Å². The van der Waals surface area contributed by atoms with E-state index in [1.807, 2.05) is 13.8 Å². The minimum atomic E-state index is -3.69. The average Bonchev–Trinajstić information content (AvgIpc) is 2.15. The SMILES string of the molecule is COc1cc(S(N)(=O)=O)ccc1NC(C)C. The van der Waals surface area contributed by atoms with Crippen molar-refractivity contribution in [3.8, 4) is 5.75 Å². The van der Waals surface area contributed by atoms with Crippen LogP contribution in [-0.4, -0.2) is 21.6 Å². The fraction of sp³-hybridized carbons (Fsp3) is 0.400. The number of nitrogens with one attached hydrogen (secondary N) is 1. The minimum Gasteiger partial charge on any atom is -0.495 e. The summed E-state index contributed by atoms with van der Waals surface area (Å²) >= 11 is 0. The fourth-order valence-corrected chi connectivity index (χ4v) is 1.81. The topological polar surface area (TPSA) is 81.4 Å². The molecule has 0 spiro atoms. The van der Waals surface area contributed by atoms with Gasteiger partial charge in [0, 0.05) is 12.1 Å². The Morgan fingerprint density at radius 3 is 2.44 bits per heavy atom. The van der Waals surface area contributed by atoms with Crippen LogP contribution < -0.4 is 15.2 Å². The number of primary sulfonamides is 1. The third-order valence-electron chi connectivity index (χ3n) is 1.95. The van der Waals surface area contributed by atoms with Gasteiger partial charge in [-0.2, -0.15) is 0 Å². The zero-order valence-corrected chi connectivity index (χ0v) is 10.3. The van der Waals surface area contributed by atoms with Gasteiger partial charge in [0.1, 0.15) is 5.75 Å². The summed E-state index contributed by atoms with van der Waals surface area (Å²) in [6, 6.07) is 4.72. The van der Waals surface area contributed by atoms with Crippen LogP contribution in [0, 0.1) is 0 Å². The van der Waals surface area contributed by atoms with Gasteiger partial charge in [-0.15, -0.1) is 0 Å². The largest absolute Gasteiger partial charge is 0.495 e. The summed E-state index contributed by atoms with van der Waals surface area (Å²) in [6.45, 7) is 3.96. The molecule has 0 heterocycles. The molecule has 0 aliphatic carbocycles. The number of ether oxygens (including phenoxy) is 1. The molecule has 0 aliphatic heterocycles. The number of benzene rings is 1. The van der Waals surface area contributed by atoms with Crippen LogP contribution in [0.4, 0.5) is 5.69 Å². The van der Waals surface area contributed by atoms with Crippen molar-refractivity contribution in [2.24, 2.45) is 5.14 Å². The van der Waals surface area contributed by atoms with Crippen molar-refractivity contribution in [2.75, 3.05) is 12.4 Å². The second-order valence-corrected chi connectivity index (χ2v) is 5.27. The second kappa shape index (κ2) is 4.71. The maximum Gasteiger partial charge on any atom is 0.238 e. The predicted molar refractivity (Wildman–Crippen MR) is 63.1 cm³/mol. The molecule has 0 bridgehead atoms. The molecule has 90 valence electrons. The highest BCUT2D eigenvalue weighted by Crippen LogP contribution is 2.27. The first-order valence-electron chi connectivity index (χ1n) is 4.82. The van der Waals surface area contributed by atoms with Crippen molar-refractivity contribution in [3.05, 3.63) is 18.2 Å². The summed E-state index contributed by atoms with van der Waals surface area (Å²) < 4.78 is 27.4. The number of sulfonamides is 1. The number of hydrogen-bond acceptors (Lipinski definition) is 4. The van der Waals surface area contributed by atoms with Gasteiger partial charge < -0.3 is 10.1 Å². The van der Waals surface area contributed by atoms with E-state index >= 15 is 0 Å². The number of rotatable bonds is 4. The van der Waals surface area contributed by atoms with Crippen LogP contribution in [0.2, 0.25) is 0 Å². The molecule has 0 aromatic heterocycles. The van der Waals surface area contributed by atoms with Gasteiger partial charge in [0.15, 0.2) is 0 Å². The molecule has 0 atom stereocenters. The Morgan fingerprint density at radius 1 is 1.38 bits per heavy atom. The molecular weight excluding hydrogens is 228 g/mol. The first kappa shape index (κ1) is 12.8. The van der Waals surface area contributed by atoms with Gasteiger partial charge in [-0.05, 0) is 26.0 Å². The van der Waals surface area contributed by atoms with Crippen LogP contribution in [-0.2, 0) is 10.0 Å². The van der Waals surface area contributed by atoms with E-state index in [1.54, 1.807) is 6.07 Å². The molecular formula is C10H16N2O3S. The monoisotopic (exact) mass is 244 g/mol. The molecule has 5 nitrogen and oxygen atoms in total. The average molecular weight is 244 g/mol. The van der Waals surface area contributed by atoms with Crippen molar-refractivity contribution in [2.45, 2.75) is 24.8 Å². The van der Waals surface area contributed by atoms with Gasteiger partial charge in [0.25, 0.3) is 0 Å². The molecule has 0 fully saturated rings. The van der Waals surface area contributed by atoms with E-state index in [0.717, 1.165) is 5.69 Å². The molecule has 0 saturated carbocycles. The number of nitrogens with two attached hydrogens (primary N) is 1. The Kier molecular flexibility index (Phi) is 3.77. The van der Waals surface area contributed by atoms with Crippen LogP contribution in [0.3, 0.4) is 0 Å². The quantitative estimate of drug-likeness (QED) is 0.832. The van der Waals surface area contributed by atoms with E-state index in [9.17, 15) is 8.42 Å². The van der Waals surface area contributed by atoms with Gasteiger partial charge >= 0.3 is 0 Å². The Labute approximate surface area is 95.7 Å². The van der Waals surface area contributed by atoms with Crippen LogP contribution in [0.25, 0.3) is 0 Å². The molecule has 6 heteroatoms. The van der Waals surface area contributed by atoms with Crippen LogP contribution in [0.15, 0.2) is 23.1 Å². The number of anilines is 1. The van der Waals surface area contributed by atoms with Crippen molar-refractivity contribution >= 4 is 15.7 Å². The van der Waals surface area contributed by atoms with Crippen LogP contribution in [0.1, 0.15) is 13.8 Å². The molecule has 0 amide bonds. The highest BCUT2D eigenvalue weighted by Gasteiger charge is 2.12. The van der Waals surface area contributed by atoms with Crippen molar-refractivity contribution in [1.29, 1.82) is 0 Å². The summed E-state index contributed by atoms with van der Waals surface area (Å²) in [4.78, 5) is 0.0404. The molecule has 16 heavy (non-hydrogen) atoms. The van der Waals surface area contributed by atoms with E-state index < -0.39 is 10.0 Å². The first-order valence-corrected chi connectivity index (χ1v) is 6.36. The van der Waals surface area contributed by atoms with E-state index in [4.69, 9.17) is 9.88 Å². The third kappa shape index (κ3) is 3.11. The zero-order chi connectivity index (χ0) is 12.3. The molecule has 0 aliphatic rings. The maximum absolute atomic E-state index is 11.1. The summed E-state index contributed by atoms with van der Waals surface area (Å²) in [6.07, 6.45) is 0. The Balaban J connectivity index is 3.17. The molecule has 0 radical (unpaired) electrons. The van der Waals surface area contributed by atoms with Gasteiger partial charge in [-0.3, -0.25) is 0 Å². The lowest BCUT2D eigenvalue weighted by Crippen LogP contribution is -2.14. The molecule has 1 aromatic rings. The van der Waals surface area contributed by atoms with Gasteiger partial charge in [-0.25, -0.2) is 13.6 Å². The Bertz CT molecular complexity index is 469. The molecule has 1 aromatic carbocycles. The lowest BCUT2D eigenvalue weighted by Gasteiger charge is -2.14. The van der Waals surface area contributed by atoms with Crippen LogP contribution >= 0.6 is 0 Å². The summed E-state index contributed by atoms with van der Waals surface area (Å²) in [5.41, 5.74) is 0.741. The number of methoxy groups -OCH3 is 1. The number of hydrogen-bond donors (Lipinski definition) is 2. The Hall–Kier alpha value is -1.27. The molecule has 0 unspecified atom stereocenters. The van der Waals surface area contributed by atoms with E-state index in [0.29, 0.717) is 5.75 Å². The summed E-state index contributed by atoms with van der Waals surface area (Å²) in [5, 5.41) is 8.17. The lowest BCUT2D eigenvalue weighted by molar-refractivity contribution is 0.415. The van der Waals surface area contributed by atoms with Crippen molar-refractivity contribution in [3.63, 3.8) is 0 Å². The van der Waals surface area contributed by atoms with E-state index in [2.05, 4.69) is 5.32 Å². The first-order chi connectivity index (χ1) is 7.34. The van der Waals surface area contributed by atoms with E-state index in [1.165, 1.54) is 19.2 Å². The molecule has 0 saturated heterocycles. The maximum atomic E-state index is 11.1. The van der Waals surface area contributed by atoms with E-state index in [-0.39, 0.29) is 10.9 Å². The van der Waals surface area contributed by atoms with Gasteiger partial charge in [-0.1, -0.05) is 0 Å². The van der Waals surface area contributed by atoms with Gasteiger partial charge in [0.2, 0.25) is 10.0 Å². The fourth-order valence-electron chi connectivity index (χ4n) is 1.28. The van der Waals surface area contributed by atoms with Crippen molar-refractivity contribution in [1.82, 2.24) is 0 Å². The predicted octanol–water partition coefficient (Wildman–Crippen LogP) is 1.16. The van der Waals surface area contributed by atoms with Gasteiger partial charge in [0.05, 0.1) is 17.7 Å². The molecule has 1 rings (SSSR count). The standard InChI is InChI=1S/C10H16N2O3S/c1-7(2)12-9-5-4-8(16(11,13)14)6-10(9)15-3/h4-7,12H,1-3H3,(H2,11,13,14). The molecule has 3 N–H and O–H groups in total. The minimum absolute atomic E-state index is 0.0404. The Morgan fingerprint density at radius 2 is 2.00 bits per heavy atom. The third-order valence-corrected chi connectivity index (χ3v) is 2.86. The lowest BCUT2D eigenvalue weighted by atomic mass is 10.2. The summed E-state index contributed by atoms with van der Waals surface area (Å²) in [7, 11) is -2.21. The van der Waals surface area contributed by atoms with Crippen LogP contribution in [0.5, 0.6) is 5.75 Å². The normalized spacial score (nSPS) is 11.6. The summed E-state index contributed by atoms with van der Waals surface area (Å²) in [5.74, 6) is 0.459. The smallest absolute Gasteiger partial charge is 0.238 e. The second-order valence-electron chi connectivity index (χ2n) is 3.71. The zero-order valence-electron chi connectivity index (χ0n) is 9.52.